The van der Waals surface area contributed by atoms with E-state index in [4.69, 9.17) is 5.21 Å². The Kier molecular flexibility index (Phi) is 2.96. The Bertz CT molecular complexity index is 473. The lowest BCUT2D eigenvalue weighted by Crippen LogP contribution is -2.44. The van der Waals surface area contributed by atoms with Crippen LogP contribution in [0.2, 0.25) is 0 Å². The number of aliphatic hydroxyl groups excluding tert-OH is 1. The Morgan fingerprint density at radius 3 is 2.78 bits per heavy atom. The minimum atomic E-state index is -0.231. The van der Waals surface area contributed by atoms with Gasteiger partial charge in [-0.05, 0) is 25.3 Å². The van der Waals surface area contributed by atoms with Crippen molar-refractivity contribution >= 4 is 11.4 Å². The first-order valence-electron chi connectivity index (χ1n) is 6.56. The molecule has 4 heteroatoms. The fourth-order valence-corrected chi connectivity index (χ4v) is 3.18. The molecule has 18 heavy (non-hydrogen) atoms. The molecular weight excluding hydrogens is 228 g/mol. The van der Waals surface area contributed by atoms with Crippen molar-refractivity contribution in [2.45, 2.75) is 37.8 Å². The van der Waals surface area contributed by atoms with E-state index in [2.05, 4.69) is 10.1 Å². The molecule has 1 aromatic carbocycles. The Labute approximate surface area is 107 Å². The fraction of sp³-hybridized carbons (Fsp3) is 0.500. The minimum absolute atomic E-state index is 0.214. The summed E-state index contributed by atoms with van der Waals surface area (Å²) in [6.45, 7) is 0.818. The highest BCUT2D eigenvalue weighted by Crippen LogP contribution is 2.34. The molecule has 2 aliphatic rings. The van der Waals surface area contributed by atoms with E-state index in [9.17, 15) is 5.11 Å². The van der Waals surface area contributed by atoms with Crippen molar-refractivity contribution in [1.29, 1.82) is 0 Å². The van der Waals surface area contributed by atoms with E-state index in [-0.39, 0.29) is 12.1 Å². The zero-order valence-corrected chi connectivity index (χ0v) is 10.3. The van der Waals surface area contributed by atoms with Gasteiger partial charge in [-0.15, -0.1) is 0 Å². The second kappa shape index (κ2) is 4.61. The van der Waals surface area contributed by atoms with Crippen molar-refractivity contribution in [3.63, 3.8) is 0 Å². The van der Waals surface area contributed by atoms with Crippen LogP contribution in [0.3, 0.4) is 0 Å². The molecule has 2 atom stereocenters. The lowest BCUT2D eigenvalue weighted by Gasteiger charge is -2.37. The smallest absolute Gasteiger partial charge is 0.0906 e. The summed E-state index contributed by atoms with van der Waals surface area (Å²) in [4.78, 5) is 2.28. The number of benzene rings is 1. The lowest BCUT2D eigenvalue weighted by atomic mass is 9.97. The van der Waals surface area contributed by atoms with Crippen LogP contribution in [-0.2, 0) is 0 Å². The summed E-state index contributed by atoms with van der Waals surface area (Å²) in [5.41, 5.74) is 2.82. The minimum Gasteiger partial charge on any atom is -0.411 e. The number of fused-ring (bicyclic) bond motifs is 1. The maximum Gasteiger partial charge on any atom is 0.0906 e. The standard InChI is InChI=1S/C14H18N2O2/c17-14-7-3-6-13(14)16-9-8-11(15-18)10-4-1-2-5-12(10)16/h1-2,4-5,13-14,17-18H,3,6-9H2. The second-order valence-electron chi connectivity index (χ2n) is 5.07. The van der Waals surface area contributed by atoms with Crippen molar-refractivity contribution in [1.82, 2.24) is 0 Å². The van der Waals surface area contributed by atoms with Crippen molar-refractivity contribution in [3.05, 3.63) is 29.8 Å². The number of anilines is 1. The van der Waals surface area contributed by atoms with E-state index in [1.807, 2.05) is 24.3 Å². The summed E-state index contributed by atoms with van der Waals surface area (Å²) in [5, 5.41) is 22.5. The van der Waals surface area contributed by atoms with E-state index in [0.29, 0.717) is 0 Å². The Hall–Kier alpha value is -1.55. The average molecular weight is 246 g/mol. The molecular formula is C14H18N2O2. The van der Waals surface area contributed by atoms with E-state index in [1.54, 1.807) is 0 Å². The summed E-state index contributed by atoms with van der Waals surface area (Å²) in [5.74, 6) is 0. The molecule has 0 amide bonds. The Morgan fingerprint density at radius 2 is 2.06 bits per heavy atom. The molecule has 2 unspecified atom stereocenters. The van der Waals surface area contributed by atoms with Crippen LogP contribution in [0, 0.1) is 0 Å². The molecule has 3 rings (SSSR count). The van der Waals surface area contributed by atoms with E-state index in [1.165, 1.54) is 0 Å². The van der Waals surface area contributed by atoms with Crippen LogP contribution in [0.5, 0.6) is 0 Å². The van der Waals surface area contributed by atoms with Gasteiger partial charge in [-0.2, -0.15) is 0 Å². The first-order chi connectivity index (χ1) is 8.81. The first kappa shape index (κ1) is 11.5. The molecule has 0 aromatic heterocycles. The zero-order chi connectivity index (χ0) is 12.5. The molecule has 0 radical (unpaired) electrons. The summed E-state index contributed by atoms with van der Waals surface area (Å²) in [7, 11) is 0. The monoisotopic (exact) mass is 246 g/mol. The SMILES string of the molecule is ON=C1CCN(C2CCCC2O)c2ccccc21. The van der Waals surface area contributed by atoms with Crippen LogP contribution in [0.4, 0.5) is 5.69 Å². The fourth-order valence-electron chi connectivity index (χ4n) is 3.18. The van der Waals surface area contributed by atoms with E-state index >= 15 is 0 Å². The van der Waals surface area contributed by atoms with Crippen LogP contribution in [0.1, 0.15) is 31.2 Å². The quantitative estimate of drug-likeness (QED) is 0.588. The van der Waals surface area contributed by atoms with Gasteiger partial charge in [0.2, 0.25) is 0 Å². The van der Waals surface area contributed by atoms with Crippen LogP contribution in [0.25, 0.3) is 0 Å². The number of nitrogens with zero attached hydrogens (tertiary/aromatic N) is 2. The summed E-state index contributed by atoms with van der Waals surface area (Å²) in [6, 6.07) is 8.20. The third-order valence-electron chi connectivity index (χ3n) is 4.08. The number of aliphatic hydroxyl groups is 1. The molecule has 1 aromatic rings. The number of para-hydroxylation sites is 1. The van der Waals surface area contributed by atoms with Gasteiger partial charge in [0.05, 0.1) is 17.9 Å². The van der Waals surface area contributed by atoms with Crippen molar-refractivity contribution in [3.8, 4) is 0 Å². The molecule has 0 spiro atoms. The van der Waals surface area contributed by atoms with Gasteiger partial charge in [0.15, 0.2) is 0 Å². The lowest BCUT2D eigenvalue weighted by molar-refractivity contribution is 0.161. The number of hydrogen-bond acceptors (Lipinski definition) is 4. The topological polar surface area (TPSA) is 56.1 Å². The van der Waals surface area contributed by atoms with Gasteiger partial charge >= 0.3 is 0 Å². The molecule has 4 nitrogen and oxygen atoms in total. The highest BCUT2D eigenvalue weighted by molar-refractivity contribution is 6.06. The van der Waals surface area contributed by atoms with Gasteiger partial charge < -0.3 is 15.2 Å². The number of hydrogen-bond donors (Lipinski definition) is 2. The predicted molar refractivity (Wildman–Crippen MR) is 70.4 cm³/mol. The van der Waals surface area contributed by atoms with Crippen LogP contribution < -0.4 is 4.90 Å². The van der Waals surface area contributed by atoms with Crippen LogP contribution in [0.15, 0.2) is 29.4 Å². The van der Waals surface area contributed by atoms with Crippen LogP contribution >= 0.6 is 0 Å². The molecule has 2 N–H and O–H groups in total. The van der Waals surface area contributed by atoms with Gasteiger partial charge in [-0.25, -0.2) is 0 Å². The average Bonchev–Trinajstić information content (AvgIpc) is 2.83. The molecule has 0 bridgehead atoms. The Morgan fingerprint density at radius 1 is 1.22 bits per heavy atom. The zero-order valence-electron chi connectivity index (χ0n) is 10.3. The van der Waals surface area contributed by atoms with E-state index < -0.39 is 0 Å². The molecule has 0 saturated heterocycles. The van der Waals surface area contributed by atoms with Gasteiger partial charge in [-0.3, -0.25) is 0 Å². The Balaban J connectivity index is 1.99. The van der Waals surface area contributed by atoms with Crippen molar-refractivity contribution < 1.29 is 10.3 Å². The maximum absolute atomic E-state index is 10.1. The first-order valence-corrected chi connectivity index (χ1v) is 6.56. The van der Waals surface area contributed by atoms with Crippen LogP contribution in [-0.4, -0.2) is 34.7 Å². The highest BCUT2D eigenvalue weighted by Gasteiger charge is 2.34. The maximum atomic E-state index is 10.1. The summed E-state index contributed by atoms with van der Waals surface area (Å²) < 4.78 is 0. The van der Waals surface area contributed by atoms with E-state index in [0.717, 1.165) is 49.2 Å². The molecule has 96 valence electrons. The summed E-state index contributed by atoms with van der Waals surface area (Å²) >= 11 is 0. The molecule has 1 saturated carbocycles. The third-order valence-corrected chi connectivity index (χ3v) is 4.08. The predicted octanol–water partition coefficient (Wildman–Crippen LogP) is 1.99. The molecule has 1 fully saturated rings. The number of oxime groups is 1. The third kappa shape index (κ3) is 1.77. The van der Waals surface area contributed by atoms with Crippen molar-refractivity contribution in [2.75, 3.05) is 11.4 Å². The van der Waals surface area contributed by atoms with Gasteiger partial charge in [-0.1, -0.05) is 23.4 Å². The summed E-state index contributed by atoms with van der Waals surface area (Å²) in [6.07, 6.45) is 3.53. The molecule has 1 aliphatic carbocycles. The van der Waals surface area contributed by atoms with Gasteiger partial charge in [0.1, 0.15) is 0 Å². The second-order valence-corrected chi connectivity index (χ2v) is 5.07. The van der Waals surface area contributed by atoms with Gasteiger partial charge in [0, 0.05) is 24.2 Å². The highest BCUT2D eigenvalue weighted by atomic mass is 16.4. The largest absolute Gasteiger partial charge is 0.411 e. The van der Waals surface area contributed by atoms with Crippen molar-refractivity contribution in [2.24, 2.45) is 5.16 Å². The molecule has 1 heterocycles. The number of rotatable bonds is 1. The van der Waals surface area contributed by atoms with Gasteiger partial charge in [0.25, 0.3) is 0 Å². The normalized spacial score (nSPS) is 29.6. The molecule has 1 aliphatic heterocycles.